The zero-order valence-electron chi connectivity index (χ0n) is 19.4. The van der Waals surface area contributed by atoms with Crippen LogP contribution in [0.3, 0.4) is 0 Å². The smallest absolute Gasteiger partial charge is 0.180 e. The molecule has 8 heteroatoms. The first-order valence-electron chi connectivity index (χ1n) is 11.8. The summed E-state index contributed by atoms with van der Waals surface area (Å²) in [5.74, 6) is 2.43. The summed E-state index contributed by atoms with van der Waals surface area (Å²) >= 11 is 0. The molecule has 1 unspecified atom stereocenters. The first-order valence-corrected chi connectivity index (χ1v) is 11.8. The third-order valence-corrected chi connectivity index (χ3v) is 5.91. The Bertz CT molecular complexity index is 1130. The summed E-state index contributed by atoms with van der Waals surface area (Å²) in [6, 6.07) is 16.5. The number of benzene rings is 2. The van der Waals surface area contributed by atoms with Gasteiger partial charge in [-0.3, -0.25) is 0 Å². The average Bonchev–Trinajstić information content (AvgIpc) is 3.53. The van der Waals surface area contributed by atoms with Gasteiger partial charge in [-0.05, 0) is 40.0 Å². The van der Waals surface area contributed by atoms with Crippen LogP contribution < -0.4 is 5.73 Å². The van der Waals surface area contributed by atoms with Crippen LogP contribution in [0.2, 0.25) is 0 Å². The third kappa shape index (κ3) is 5.51. The molecule has 4 aromatic rings. The molecule has 3 N–H and O–H groups in total. The van der Waals surface area contributed by atoms with Gasteiger partial charge in [0.2, 0.25) is 0 Å². The lowest BCUT2D eigenvalue weighted by molar-refractivity contribution is 0.585. The van der Waals surface area contributed by atoms with Gasteiger partial charge in [-0.15, -0.1) is 5.10 Å². The molecule has 0 saturated heterocycles. The average molecular weight is 445 g/mol. The number of hydrogen-bond acceptors (Lipinski definition) is 6. The Kier molecular flexibility index (Phi) is 7.57. The highest BCUT2D eigenvalue weighted by Crippen LogP contribution is 2.29. The van der Waals surface area contributed by atoms with Crippen molar-refractivity contribution in [3.8, 4) is 22.5 Å². The second-order valence-corrected chi connectivity index (χ2v) is 8.36. The number of tetrazole rings is 1. The Morgan fingerprint density at radius 2 is 1.76 bits per heavy atom. The minimum absolute atomic E-state index is 0.120. The highest BCUT2D eigenvalue weighted by atomic mass is 15.5. The van der Waals surface area contributed by atoms with Crippen molar-refractivity contribution in [1.29, 1.82) is 0 Å². The largest absolute Gasteiger partial charge is 0.321 e. The third-order valence-electron chi connectivity index (χ3n) is 5.91. The Morgan fingerprint density at radius 3 is 2.45 bits per heavy atom. The zero-order chi connectivity index (χ0) is 23.0. The number of nitrogens with one attached hydrogen (secondary N) is 1. The predicted molar refractivity (Wildman–Crippen MR) is 129 cm³/mol. The Hall–Kier alpha value is -3.39. The summed E-state index contributed by atoms with van der Waals surface area (Å²) in [7, 11) is 0. The lowest BCUT2D eigenvalue weighted by atomic mass is 9.98. The van der Waals surface area contributed by atoms with E-state index in [0.29, 0.717) is 12.4 Å². The maximum Gasteiger partial charge on any atom is 0.180 e. The number of nitrogens with two attached hydrogens (primary N) is 1. The highest BCUT2D eigenvalue weighted by molar-refractivity contribution is 5.80. The number of aromatic nitrogens is 7. The van der Waals surface area contributed by atoms with Crippen molar-refractivity contribution in [2.45, 2.75) is 65.0 Å². The molecule has 0 radical (unpaired) electrons. The lowest BCUT2D eigenvalue weighted by Gasteiger charge is -2.10. The van der Waals surface area contributed by atoms with Crippen molar-refractivity contribution in [3.63, 3.8) is 0 Å². The van der Waals surface area contributed by atoms with Crippen LogP contribution >= 0.6 is 0 Å². The molecule has 172 valence electrons. The fourth-order valence-electron chi connectivity index (χ4n) is 3.93. The number of H-pyrrole nitrogens is 1. The van der Waals surface area contributed by atoms with Gasteiger partial charge in [0.1, 0.15) is 5.82 Å². The molecule has 8 nitrogen and oxygen atoms in total. The molecule has 2 aromatic carbocycles. The number of nitrogens with zero attached hydrogens (tertiary/aromatic N) is 6. The molecular weight excluding hydrogens is 412 g/mol. The summed E-state index contributed by atoms with van der Waals surface area (Å²) in [5, 5.41) is 19.1. The van der Waals surface area contributed by atoms with Gasteiger partial charge in [0.15, 0.2) is 11.6 Å². The molecule has 2 heterocycles. The molecule has 0 saturated carbocycles. The fraction of sp³-hybridized carbons (Fsp3) is 0.400. The fourth-order valence-corrected chi connectivity index (χ4v) is 3.93. The van der Waals surface area contributed by atoms with Crippen LogP contribution in [0, 0.1) is 0 Å². The first-order chi connectivity index (χ1) is 16.2. The highest BCUT2D eigenvalue weighted by Gasteiger charge is 2.15. The van der Waals surface area contributed by atoms with E-state index in [1.807, 2.05) is 22.9 Å². The minimum atomic E-state index is -0.120. The van der Waals surface area contributed by atoms with Crippen molar-refractivity contribution >= 4 is 0 Å². The van der Waals surface area contributed by atoms with Crippen LogP contribution in [0.15, 0.2) is 48.5 Å². The topological polar surface area (TPSA) is 111 Å². The summed E-state index contributed by atoms with van der Waals surface area (Å²) in [6.45, 7) is 4.98. The Labute approximate surface area is 194 Å². The number of unbranched alkanes of at least 4 members (excludes halogenated alkanes) is 3. The van der Waals surface area contributed by atoms with Gasteiger partial charge in [-0.2, -0.15) is 5.10 Å². The monoisotopic (exact) mass is 444 g/mol. The molecule has 0 aliphatic heterocycles. The molecule has 0 aliphatic carbocycles. The molecule has 0 amide bonds. The van der Waals surface area contributed by atoms with Gasteiger partial charge in [-0.25, -0.2) is 14.8 Å². The van der Waals surface area contributed by atoms with E-state index in [-0.39, 0.29) is 6.04 Å². The van der Waals surface area contributed by atoms with Gasteiger partial charge in [0.05, 0.1) is 12.6 Å². The lowest BCUT2D eigenvalue weighted by Crippen LogP contribution is -2.11. The predicted octanol–water partition coefficient (Wildman–Crippen LogP) is 4.71. The molecular formula is C25H32N8. The molecule has 1 atom stereocenters. The molecule has 0 aliphatic rings. The number of aryl methyl sites for hydroxylation is 1. The van der Waals surface area contributed by atoms with Crippen LogP contribution in [-0.2, 0) is 13.0 Å². The van der Waals surface area contributed by atoms with Crippen LogP contribution in [0.4, 0.5) is 0 Å². The second-order valence-electron chi connectivity index (χ2n) is 8.36. The summed E-state index contributed by atoms with van der Waals surface area (Å²) < 4.78 is 2.03. The van der Waals surface area contributed by atoms with E-state index in [4.69, 9.17) is 15.8 Å². The quantitative estimate of drug-likeness (QED) is 0.324. The molecule has 0 fully saturated rings. The van der Waals surface area contributed by atoms with Gasteiger partial charge in [0.25, 0.3) is 0 Å². The number of hydrogen-bond donors (Lipinski definition) is 2. The summed E-state index contributed by atoms with van der Waals surface area (Å²) in [6.07, 6.45) is 6.57. The summed E-state index contributed by atoms with van der Waals surface area (Å²) in [5.41, 5.74) is 10.6. The van der Waals surface area contributed by atoms with Gasteiger partial charge < -0.3 is 5.73 Å². The molecule has 2 aromatic heterocycles. The van der Waals surface area contributed by atoms with Crippen molar-refractivity contribution in [1.82, 2.24) is 35.4 Å². The maximum atomic E-state index is 6.23. The molecule has 33 heavy (non-hydrogen) atoms. The second kappa shape index (κ2) is 11.0. The number of aromatic amines is 1. The van der Waals surface area contributed by atoms with Crippen LogP contribution in [0.1, 0.15) is 69.2 Å². The van der Waals surface area contributed by atoms with E-state index in [0.717, 1.165) is 47.6 Å². The Morgan fingerprint density at radius 1 is 0.970 bits per heavy atom. The van der Waals surface area contributed by atoms with Crippen molar-refractivity contribution in [2.75, 3.05) is 0 Å². The maximum absolute atomic E-state index is 6.23. The van der Waals surface area contributed by atoms with Gasteiger partial charge in [-0.1, -0.05) is 81.6 Å². The zero-order valence-corrected chi connectivity index (χ0v) is 19.4. The van der Waals surface area contributed by atoms with E-state index in [1.54, 1.807) is 0 Å². The van der Waals surface area contributed by atoms with Crippen LogP contribution in [-0.4, -0.2) is 35.4 Å². The van der Waals surface area contributed by atoms with E-state index < -0.39 is 0 Å². The Balaban J connectivity index is 1.54. The van der Waals surface area contributed by atoms with Gasteiger partial charge in [0, 0.05) is 12.0 Å². The standard InChI is InChI=1S/C25H32N8/c1-3-5-6-7-12-23-27-25(22(26)4-2)30-33(23)17-18-13-15-19(16-14-18)20-10-8-9-11-21(20)24-28-31-32-29-24/h8-11,13-16,22H,3-7,12,17,26H2,1-2H3,(H,28,29,31,32). The van der Waals surface area contributed by atoms with E-state index in [9.17, 15) is 0 Å². The van der Waals surface area contributed by atoms with E-state index >= 15 is 0 Å². The summed E-state index contributed by atoms with van der Waals surface area (Å²) in [4.78, 5) is 4.78. The molecule has 4 rings (SSSR count). The van der Waals surface area contributed by atoms with Crippen molar-refractivity contribution in [2.24, 2.45) is 5.73 Å². The number of rotatable bonds is 11. The van der Waals surface area contributed by atoms with Crippen LogP contribution in [0.25, 0.3) is 22.5 Å². The van der Waals surface area contributed by atoms with Gasteiger partial charge >= 0.3 is 0 Å². The minimum Gasteiger partial charge on any atom is -0.321 e. The van der Waals surface area contributed by atoms with E-state index in [2.05, 4.69) is 64.8 Å². The first kappa shape index (κ1) is 22.8. The molecule has 0 bridgehead atoms. The van der Waals surface area contributed by atoms with Crippen molar-refractivity contribution < 1.29 is 0 Å². The molecule has 0 spiro atoms. The SMILES string of the molecule is CCCCCCc1nc(C(N)CC)nn1Cc1ccc(-c2ccccc2-c2nnn[nH]2)cc1. The normalized spacial score (nSPS) is 12.2. The van der Waals surface area contributed by atoms with E-state index in [1.165, 1.54) is 24.8 Å². The van der Waals surface area contributed by atoms with Crippen LogP contribution in [0.5, 0.6) is 0 Å². The van der Waals surface area contributed by atoms with Crippen molar-refractivity contribution in [3.05, 3.63) is 65.7 Å².